The Labute approximate surface area is 131 Å². The van der Waals surface area contributed by atoms with Crippen molar-refractivity contribution in [2.45, 2.75) is 19.8 Å². The van der Waals surface area contributed by atoms with E-state index in [9.17, 15) is 0 Å². The van der Waals surface area contributed by atoms with Crippen molar-refractivity contribution in [3.05, 3.63) is 39.6 Å². The number of benzene rings is 1. The fourth-order valence-corrected chi connectivity index (χ4v) is 2.61. The van der Waals surface area contributed by atoms with Gasteiger partial charge >= 0.3 is 0 Å². The highest BCUT2D eigenvalue weighted by molar-refractivity contribution is 9.10. The van der Waals surface area contributed by atoms with Crippen LogP contribution in [0.3, 0.4) is 0 Å². The fourth-order valence-electron chi connectivity index (χ4n) is 1.84. The van der Waals surface area contributed by atoms with Gasteiger partial charge in [-0.25, -0.2) is 9.97 Å². The molecule has 0 radical (unpaired) electrons. The van der Waals surface area contributed by atoms with Crippen molar-refractivity contribution in [1.82, 2.24) is 9.97 Å². The highest BCUT2D eigenvalue weighted by Gasteiger charge is 2.17. The third kappa shape index (κ3) is 3.22. The summed E-state index contributed by atoms with van der Waals surface area (Å²) in [6.45, 7) is 4.15. The zero-order valence-electron chi connectivity index (χ0n) is 11.4. The Morgan fingerprint density at radius 1 is 1.30 bits per heavy atom. The molecule has 2 rings (SSSR count). The van der Waals surface area contributed by atoms with Gasteiger partial charge in [-0.2, -0.15) is 0 Å². The van der Waals surface area contributed by atoms with Gasteiger partial charge in [-0.3, -0.25) is 0 Å². The monoisotopic (exact) mass is 355 g/mol. The number of hydrogen-bond donors (Lipinski definition) is 1. The molecule has 2 aromatic rings. The second-order valence-electron chi connectivity index (χ2n) is 4.52. The summed E-state index contributed by atoms with van der Waals surface area (Å²) in [5.74, 6) is 2.22. The van der Waals surface area contributed by atoms with Crippen LogP contribution in [0.25, 0.3) is 0 Å². The third-order valence-electron chi connectivity index (χ3n) is 2.76. The van der Waals surface area contributed by atoms with Gasteiger partial charge < -0.3 is 10.1 Å². The second kappa shape index (κ2) is 6.41. The lowest BCUT2D eigenvalue weighted by molar-refractivity contribution is 0.449. The first-order chi connectivity index (χ1) is 9.52. The lowest BCUT2D eigenvalue weighted by atomic mass is 10.1. The maximum Gasteiger partial charge on any atom is 0.227 e. The molecule has 4 nitrogen and oxygen atoms in total. The molecule has 0 aliphatic carbocycles. The number of ether oxygens (including phenoxy) is 1. The molecular formula is C14H15BrClN3O. The van der Waals surface area contributed by atoms with Crippen LogP contribution in [0.4, 0.5) is 5.82 Å². The van der Waals surface area contributed by atoms with Crippen molar-refractivity contribution >= 4 is 33.3 Å². The summed E-state index contributed by atoms with van der Waals surface area (Å²) in [6, 6.07) is 5.36. The van der Waals surface area contributed by atoms with Crippen molar-refractivity contribution in [3.8, 4) is 11.6 Å². The van der Waals surface area contributed by atoms with Crippen LogP contribution in [0, 0.1) is 0 Å². The molecule has 106 valence electrons. The number of hydrogen-bond acceptors (Lipinski definition) is 4. The van der Waals surface area contributed by atoms with E-state index in [1.165, 1.54) is 6.33 Å². The molecule has 6 heteroatoms. The predicted octanol–water partition coefficient (Wildman–Crippen LogP) is 4.85. The van der Waals surface area contributed by atoms with E-state index < -0.39 is 0 Å². The molecule has 0 atom stereocenters. The minimum Gasteiger partial charge on any atom is -0.437 e. The van der Waals surface area contributed by atoms with Crippen molar-refractivity contribution < 1.29 is 4.74 Å². The van der Waals surface area contributed by atoms with Gasteiger partial charge in [0.2, 0.25) is 5.88 Å². The average Bonchev–Trinajstić information content (AvgIpc) is 2.41. The number of nitrogens with zero attached hydrogens (tertiary/aromatic N) is 2. The Balaban J connectivity index is 2.43. The number of anilines is 1. The number of nitrogens with one attached hydrogen (secondary N) is 1. The van der Waals surface area contributed by atoms with Crippen LogP contribution in [0.1, 0.15) is 25.3 Å². The van der Waals surface area contributed by atoms with Crippen LogP contribution < -0.4 is 10.1 Å². The topological polar surface area (TPSA) is 47.0 Å². The van der Waals surface area contributed by atoms with E-state index >= 15 is 0 Å². The van der Waals surface area contributed by atoms with Crippen LogP contribution in [0.5, 0.6) is 11.6 Å². The molecule has 1 heterocycles. The summed E-state index contributed by atoms with van der Waals surface area (Å²) < 4.78 is 6.68. The molecule has 0 saturated carbocycles. The highest BCUT2D eigenvalue weighted by Crippen LogP contribution is 2.36. The zero-order valence-corrected chi connectivity index (χ0v) is 13.8. The Morgan fingerprint density at radius 2 is 2.05 bits per heavy atom. The van der Waals surface area contributed by atoms with Crippen molar-refractivity contribution in [2.24, 2.45) is 0 Å². The quantitative estimate of drug-likeness (QED) is 0.850. The van der Waals surface area contributed by atoms with Gasteiger partial charge in [0, 0.05) is 12.1 Å². The minimum absolute atomic E-state index is 0.236. The molecule has 1 aromatic heterocycles. The first-order valence-electron chi connectivity index (χ1n) is 6.18. The normalized spacial score (nSPS) is 10.7. The molecule has 0 aliphatic rings. The highest BCUT2D eigenvalue weighted by atomic mass is 79.9. The van der Waals surface area contributed by atoms with Crippen LogP contribution in [0.2, 0.25) is 5.02 Å². The van der Waals surface area contributed by atoms with Gasteiger partial charge in [0.25, 0.3) is 0 Å². The molecule has 0 unspecified atom stereocenters. The standard InChI is InChI=1S/C14H15BrClN3O/c1-8(2)12-13(17-3)18-7-19-14(12)20-11-5-4-9(16)6-10(11)15/h4-8H,1-3H3,(H,17,18,19). The lowest BCUT2D eigenvalue weighted by Gasteiger charge is -2.16. The molecule has 0 fully saturated rings. The summed E-state index contributed by atoms with van der Waals surface area (Å²) in [4.78, 5) is 8.46. The Hall–Kier alpha value is -1.33. The Morgan fingerprint density at radius 3 is 2.65 bits per heavy atom. The first-order valence-corrected chi connectivity index (χ1v) is 7.35. The molecule has 1 aromatic carbocycles. The van der Waals surface area contributed by atoms with Gasteiger partial charge in [0.05, 0.1) is 10.0 Å². The van der Waals surface area contributed by atoms with Crippen molar-refractivity contribution in [2.75, 3.05) is 12.4 Å². The summed E-state index contributed by atoms with van der Waals surface area (Å²) in [5, 5.41) is 3.71. The molecule has 1 N–H and O–H groups in total. The van der Waals surface area contributed by atoms with Gasteiger partial charge in [-0.1, -0.05) is 25.4 Å². The second-order valence-corrected chi connectivity index (χ2v) is 5.81. The minimum atomic E-state index is 0.236. The zero-order chi connectivity index (χ0) is 14.7. The molecule has 0 spiro atoms. The van der Waals surface area contributed by atoms with E-state index in [4.69, 9.17) is 16.3 Å². The van der Waals surface area contributed by atoms with Gasteiger partial charge in [-0.05, 0) is 40.0 Å². The van der Waals surface area contributed by atoms with Crippen LogP contribution in [-0.2, 0) is 0 Å². The SMILES string of the molecule is CNc1ncnc(Oc2ccc(Cl)cc2Br)c1C(C)C. The van der Waals surface area contributed by atoms with Gasteiger partial charge in [-0.15, -0.1) is 0 Å². The molecule has 0 bridgehead atoms. The summed E-state index contributed by atoms with van der Waals surface area (Å²) in [6.07, 6.45) is 1.48. The number of rotatable bonds is 4. The van der Waals surface area contributed by atoms with Gasteiger partial charge in [0.1, 0.15) is 17.9 Å². The Bertz CT molecular complexity index is 619. The summed E-state index contributed by atoms with van der Waals surface area (Å²) in [7, 11) is 1.83. The summed E-state index contributed by atoms with van der Waals surface area (Å²) in [5.41, 5.74) is 0.942. The van der Waals surface area contributed by atoms with E-state index in [-0.39, 0.29) is 5.92 Å². The molecule has 0 aliphatic heterocycles. The van der Waals surface area contributed by atoms with Crippen molar-refractivity contribution in [3.63, 3.8) is 0 Å². The maximum atomic E-state index is 5.93. The van der Waals surface area contributed by atoms with Gasteiger partial charge in [0.15, 0.2) is 0 Å². The molecule has 20 heavy (non-hydrogen) atoms. The summed E-state index contributed by atoms with van der Waals surface area (Å²) >= 11 is 9.36. The smallest absolute Gasteiger partial charge is 0.227 e. The average molecular weight is 357 g/mol. The number of halogens is 2. The fraction of sp³-hybridized carbons (Fsp3) is 0.286. The van der Waals surface area contributed by atoms with Crippen molar-refractivity contribution in [1.29, 1.82) is 0 Å². The van der Waals surface area contributed by atoms with Crippen LogP contribution >= 0.6 is 27.5 Å². The molecule has 0 saturated heterocycles. The first kappa shape index (κ1) is 15.1. The van der Waals surface area contributed by atoms with E-state index in [1.807, 2.05) is 7.05 Å². The van der Waals surface area contributed by atoms with Crippen LogP contribution in [0.15, 0.2) is 29.0 Å². The maximum absolute atomic E-state index is 5.93. The van der Waals surface area contributed by atoms with E-state index in [1.54, 1.807) is 18.2 Å². The third-order valence-corrected chi connectivity index (χ3v) is 3.62. The van der Waals surface area contributed by atoms with E-state index in [0.717, 1.165) is 15.9 Å². The van der Waals surface area contributed by atoms with Crippen LogP contribution in [-0.4, -0.2) is 17.0 Å². The lowest BCUT2D eigenvalue weighted by Crippen LogP contribution is -2.04. The largest absolute Gasteiger partial charge is 0.437 e. The predicted molar refractivity (Wildman–Crippen MR) is 84.9 cm³/mol. The van der Waals surface area contributed by atoms with E-state index in [0.29, 0.717) is 16.7 Å². The van der Waals surface area contributed by atoms with E-state index in [2.05, 4.69) is 45.1 Å². The molecule has 0 amide bonds. The Kier molecular flexibility index (Phi) is 4.83. The molecular weight excluding hydrogens is 342 g/mol. The number of aromatic nitrogens is 2.